The molecule has 0 saturated heterocycles. The van der Waals surface area contributed by atoms with Crippen LogP contribution in [0, 0.1) is 6.92 Å². The van der Waals surface area contributed by atoms with Crippen molar-refractivity contribution in [3.8, 4) is 5.75 Å². The number of ether oxygens (including phenoxy) is 2. The molecule has 1 aliphatic rings. The first-order valence-electron chi connectivity index (χ1n) is 7.95. The Labute approximate surface area is 152 Å². The van der Waals surface area contributed by atoms with Crippen molar-refractivity contribution in [1.29, 1.82) is 0 Å². The second kappa shape index (κ2) is 7.33. The normalized spacial score (nSPS) is 17.4. The molecular formula is C18H21N3O3S. The van der Waals surface area contributed by atoms with Gasteiger partial charge in [-0.3, -0.25) is 4.79 Å². The fourth-order valence-corrected chi connectivity index (χ4v) is 3.30. The molecule has 25 heavy (non-hydrogen) atoms. The Kier molecular flexibility index (Phi) is 5.15. The Hall–Kier alpha value is -2.25. The Morgan fingerprint density at radius 1 is 1.28 bits per heavy atom. The first-order chi connectivity index (χ1) is 12.0. The number of methoxy groups -OCH3 is 2. The molecule has 7 heteroatoms. The number of aromatic nitrogens is 1. The monoisotopic (exact) mass is 359 g/mol. The highest BCUT2D eigenvalue weighted by Gasteiger charge is 2.27. The molecular weight excluding hydrogens is 338 g/mol. The summed E-state index contributed by atoms with van der Waals surface area (Å²) in [4.78, 5) is 18.7. The van der Waals surface area contributed by atoms with Gasteiger partial charge in [-0.25, -0.2) is 4.98 Å². The average molecular weight is 359 g/mol. The summed E-state index contributed by atoms with van der Waals surface area (Å²) >= 11 is 4.50. The van der Waals surface area contributed by atoms with E-state index >= 15 is 0 Å². The highest BCUT2D eigenvalue weighted by molar-refractivity contribution is 7.80. The molecule has 0 spiro atoms. The summed E-state index contributed by atoms with van der Waals surface area (Å²) in [6, 6.07) is 7.78. The zero-order chi connectivity index (χ0) is 18.0. The number of fused-ring (bicyclic) bond motifs is 1. The lowest BCUT2D eigenvalue weighted by atomic mass is 10.0. The van der Waals surface area contributed by atoms with Crippen LogP contribution in [0.5, 0.6) is 5.75 Å². The van der Waals surface area contributed by atoms with Crippen molar-refractivity contribution in [3.63, 3.8) is 0 Å². The molecule has 1 amide bonds. The molecule has 1 aliphatic heterocycles. The lowest BCUT2D eigenvalue weighted by molar-refractivity contribution is -0.117. The highest BCUT2D eigenvalue weighted by Crippen LogP contribution is 2.34. The van der Waals surface area contributed by atoms with Crippen LogP contribution in [0.15, 0.2) is 30.3 Å². The van der Waals surface area contributed by atoms with Gasteiger partial charge in [-0.05, 0) is 25.1 Å². The van der Waals surface area contributed by atoms with E-state index in [1.165, 1.54) is 0 Å². The standard InChI is InChI=1S/C18H21N3O3S/c1-11-4-5-13-12(6-7-15(24-3)17(13)19-11)14-10-16(22)20-18(25)21(14)8-9-23-2/h4-7,10,18,25H,8-9H2,1-3H3,(H,20,22). The zero-order valence-corrected chi connectivity index (χ0v) is 15.3. The molecule has 1 aromatic carbocycles. The summed E-state index contributed by atoms with van der Waals surface area (Å²) in [5.41, 5.74) is 2.96. The maximum Gasteiger partial charge on any atom is 0.248 e. The number of thiol groups is 1. The number of amides is 1. The van der Waals surface area contributed by atoms with E-state index in [1.54, 1.807) is 20.3 Å². The van der Waals surface area contributed by atoms with Crippen molar-refractivity contribution in [2.24, 2.45) is 0 Å². The van der Waals surface area contributed by atoms with Gasteiger partial charge in [0.05, 0.1) is 19.4 Å². The van der Waals surface area contributed by atoms with Crippen LogP contribution in [0.3, 0.4) is 0 Å². The Morgan fingerprint density at radius 2 is 2.08 bits per heavy atom. The maximum atomic E-state index is 12.1. The van der Waals surface area contributed by atoms with Gasteiger partial charge in [0.25, 0.3) is 0 Å². The van der Waals surface area contributed by atoms with Crippen molar-refractivity contribution in [1.82, 2.24) is 15.2 Å². The number of nitrogens with zero attached hydrogens (tertiary/aromatic N) is 2. The Morgan fingerprint density at radius 3 is 2.80 bits per heavy atom. The van der Waals surface area contributed by atoms with Crippen molar-refractivity contribution < 1.29 is 14.3 Å². The van der Waals surface area contributed by atoms with E-state index in [9.17, 15) is 4.79 Å². The number of benzene rings is 1. The summed E-state index contributed by atoms with van der Waals surface area (Å²) in [6.07, 6.45) is 1.59. The molecule has 2 aromatic rings. The molecule has 1 aromatic heterocycles. The predicted octanol–water partition coefficient (Wildman–Crippen LogP) is 2.18. The van der Waals surface area contributed by atoms with E-state index in [-0.39, 0.29) is 5.91 Å². The molecule has 3 rings (SSSR count). The molecule has 1 unspecified atom stereocenters. The number of carbonyl (C=O) groups excluding carboxylic acids is 1. The van der Waals surface area contributed by atoms with Gasteiger partial charge in [0.1, 0.15) is 16.8 Å². The van der Waals surface area contributed by atoms with Crippen LogP contribution in [-0.4, -0.2) is 48.7 Å². The molecule has 0 bridgehead atoms. The fourth-order valence-electron chi connectivity index (χ4n) is 2.93. The lowest BCUT2D eigenvalue weighted by Crippen LogP contribution is -2.48. The number of aryl methyl sites for hydroxylation is 1. The third-order valence-electron chi connectivity index (χ3n) is 4.14. The van der Waals surface area contributed by atoms with E-state index in [0.717, 1.165) is 27.9 Å². The van der Waals surface area contributed by atoms with Gasteiger partial charge in [0.15, 0.2) is 0 Å². The third-order valence-corrected chi connectivity index (χ3v) is 4.54. The van der Waals surface area contributed by atoms with Gasteiger partial charge in [-0.1, -0.05) is 6.07 Å². The SMILES string of the molecule is COCCN1C(c2ccc(OC)c3nc(C)ccc23)=CC(=O)NC1S. The van der Waals surface area contributed by atoms with Gasteiger partial charge in [-0.2, -0.15) is 0 Å². The van der Waals surface area contributed by atoms with Gasteiger partial charge in [0.2, 0.25) is 5.91 Å². The molecule has 1 atom stereocenters. The van der Waals surface area contributed by atoms with Crippen LogP contribution in [0.4, 0.5) is 0 Å². The molecule has 132 valence electrons. The van der Waals surface area contributed by atoms with Crippen molar-refractivity contribution in [3.05, 3.63) is 41.6 Å². The van der Waals surface area contributed by atoms with E-state index < -0.39 is 5.50 Å². The van der Waals surface area contributed by atoms with E-state index in [4.69, 9.17) is 9.47 Å². The lowest BCUT2D eigenvalue weighted by Gasteiger charge is -2.36. The number of nitrogens with one attached hydrogen (secondary N) is 1. The van der Waals surface area contributed by atoms with Crippen LogP contribution >= 0.6 is 12.6 Å². The Bertz CT molecular complexity index is 838. The smallest absolute Gasteiger partial charge is 0.248 e. The minimum atomic E-state index is -0.418. The predicted molar refractivity (Wildman–Crippen MR) is 101 cm³/mol. The number of rotatable bonds is 5. The van der Waals surface area contributed by atoms with Crippen molar-refractivity contribution in [2.45, 2.75) is 12.4 Å². The largest absolute Gasteiger partial charge is 0.494 e. The average Bonchev–Trinajstić information content (AvgIpc) is 2.59. The minimum absolute atomic E-state index is 0.173. The minimum Gasteiger partial charge on any atom is -0.494 e. The van der Waals surface area contributed by atoms with Gasteiger partial charge >= 0.3 is 0 Å². The molecule has 1 N–H and O–H groups in total. The van der Waals surface area contributed by atoms with Crippen LogP contribution in [-0.2, 0) is 9.53 Å². The summed E-state index contributed by atoms with van der Waals surface area (Å²) in [5, 5.41) is 3.72. The number of pyridine rings is 1. The molecule has 0 radical (unpaired) electrons. The van der Waals surface area contributed by atoms with Crippen LogP contribution in [0.2, 0.25) is 0 Å². The number of hydrogen-bond donors (Lipinski definition) is 2. The maximum absolute atomic E-state index is 12.1. The highest BCUT2D eigenvalue weighted by atomic mass is 32.1. The van der Waals surface area contributed by atoms with Crippen molar-refractivity contribution >= 4 is 35.1 Å². The first kappa shape index (κ1) is 17.6. The van der Waals surface area contributed by atoms with Gasteiger partial charge in [0, 0.05) is 36.4 Å². The summed E-state index contributed by atoms with van der Waals surface area (Å²) in [7, 11) is 3.27. The van der Waals surface area contributed by atoms with Crippen LogP contribution < -0.4 is 10.1 Å². The summed E-state index contributed by atoms with van der Waals surface area (Å²) < 4.78 is 10.6. The van der Waals surface area contributed by atoms with E-state index in [0.29, 0.717) is 18.9 Å². The van der Waals surface area contributed by atoms with Crippen LogP contribution in [0.25, 0.3) is 16.6 Å². The zero-order valence-electron chi connectivity index (χ0n) is 14.4. The van der Waals surface area contributed by atoms with Gasteiger partial charge in [-0.15, -0.1) is 12.6 Å². The molecule has 0 fully saturated rings. The molecule has 6 nitrogen and oxygen atoms in total. The first-order valence-corrected chi connectivity index (χ1v) is 8.47. The third kappa shape index (κ3) is 3.43. The second-order valence-corrected chi connectivity index (χ2v) is 6.25. The second-order valence-electron chi connectivity index (χ2n) is 5.76. The van der Waals surface area contributed by atoms with E-state index in [2.05, 4.69) is 22.9 Å². The quantitative estimate of drug-likeness (QED) is 0.801. The summed E-state index contributed by atoms with van der Waals surface area (Å²) in [5.74, 6) is 0.530. The topological polar surface area (TPSA) is 63.7 Å². The number of hydrogen-bond acceptors (Lipinski definition) is 6. The van der Waals surface area contributed by atoms with E-state index in [1.807, 2.05) is 36.1 Å². The molecule has 2 heterocycles. The Balaban J connectivity index is 2.17. The fraction of sp³-hybridized carbons (Fsp3) is 0.333. The summed E-state index contributed by atoms with van der Waals surface area (Å²) in [6.45, 7) is 3.06. The molecule has 0 saturated carbocycles. The van der Waals surface area contributed by atoms with Gasteiger partial charge < -0.3 is 19.7 Å². The molecule has 0 aliphatic carbocycles. The van der Waals surface area contributed by atoms with Crippen molar-refractivity contribution in [2.75, 3.05) is 27.4 Å². The van der Waals surface area contributed by atoms with Crippen LogP contribution in [0.1, 0.15) is 11.3 Å². The number of carbonyl (C=O) groups is 1.